The van der Waals surface area contributed by atoms with Gasteiger partial charge in [-0.1, -0.05) is 18.2 Å². The van der Waals surface area contributed by atoms with Crippen molar-refractivity contribution < 1.29 is 5.11 Å². The second kappa shape index (κ2) is 4.34. The first kappa shape index (κ1) is 10.5. The van der Waals surface area contributed by atoms with E-state index in [1.54, 1.807) is 0 Å². The van der Waals surface area contributed by atoms with Gasteiger partial charge in [0, 0.05) is 31.0 Å². The Morgan fingerprint density at radius 2 is 2.24 bits per heavy atom. The van der Waals surface area contributed by atoms with Crippen LogP contribution in [-0.4, -0.2) is 29.8 Å². The van der Waals surface area contributed by atoms with Gasteiger partial charge in [0.1, 0.15) is 0 Å². The second-order valence-electron chi connectivity index (χ2n) is 4.67. The minimum atomic E-state index is 0.289. The van der Waals surface area contributed by atoms with Crippen LogP contribution in [0.5, 0.6) is 0 Å². The number of aliphatic hydroxyl groups excluding tert-OH is 1. The highest BCUT2D eigenvalue weighted by atomic mass is 16.3. The van der Waals surface area contributed by atoms with Gasteiger partial charge in [0.15, 0.2) is 0 Å². The van der Waals surface area contributed by atoms with Crippen LogP contribution in [0.4, 0.5) is 5.69 Å². The lowest BCUT2D eigenvalue weighted by Crippen LogP contribution is -2.20. The van der Waals surface area contributed by atoms with E-state index in [1.165, 1.54) is 11.1 Å². The van der Waals surface area contributed by atoms with Gasteiger partial charge in [-0.2, -0.15) is 0 Å². The molecule has 0 aliphatic carbocycles. The third-order valence-electron chi connectivity index (χ3n) is 3.49. The SMILES string of the molecule is OCC1CCN(c2cnc3ccccc3c2)C1. The Morgan fingerprint density at radius 3 is 3.06 bits per heavy atom. The molecule has 1 aromatic heterocycles. The van der Waals surface area contributed by atoms with Gasteiger partial charge in [0.05, 0.1) is 17.4 Å². The van der Waals surface area contributed by atoms with E-state index < -0.39 is 0 Å². The number of fused-ring (bicyclic) bond motifs is 1. The number of hydrogen-bond acceptors (Lipinski definition) is 3. The molecule has 1 aliphatic rings. The molecule has 3 rings (SSSR count). The molecular formula is C14H16N2O. The molecule has 2 aromatic rings. The van der Waals surface area contributed by atoms with Gasteiger partial charge >= 0.3 is 0 Å². The molecule has 3 heteroatoms. The van der Waals surface area contributed by atoms with Crippen LogP contribution in [0.15, 0.2) is 36.5 Å². The molecule has 3 nitrogen and oxygen atoms in total. The lowest BCUT2D eigenvalue weighted by atomic mass is 10.1. The van der Waals surface area contributed by atoms with E-state index in [1.807, 2.05) is 24.4 Å². The highest BCUT2D eigenvalue weighted by Crippen LogP contribution is 2.25. The molecule has 0 saturated carbocycles. The van der Waals surface area contributed by atoms with Crippen LogP contribution in [0.1, 0.15) is 6.42 Å². The van der Waals surface area contributed by atoms with Crippen molar-refractivity contribution in [1.29, 1.82) is 0 Å². The predicted molar refractivity (Wildman–Crippen MR) is 69.1 cm³/mol. The fourth-order valence-corrected chi connectivity index (χ4v) is 2.45. The third kappa shape index (κ3) is 1.98. The number of nitrogens with zero attached hydrogens (tertiary/aromatic N) is 2. The molecule has 0 spiro atoms. The lowest BCUT2D eigenvalue weighted by Gasteiger charge is -2.18. The molecule has 0 radical (unpaired) electrons. The fraction of sp³-hybridized carbons (Fsp3) is 0.357. The number of aliphatic hydroxyl groups is 1. The van der Waals surface area contributed by atoms with Gasteiger partial charge in [-0.3, -0.25) is 4.98 Å². The van der Waals surface area contributed by atoms with Crippen molar-refractivity contribution in [3.63, 3.8) is 0 Å². The van der Waals surface area contributed by atoms with Gasteiger partial charge in [0.2, 0.25) is 0 Å². The van der Waals surface area contributed by atoms with Crippen molar-refractivity contribution in [2.45, 2.75) is 6.42 Å². The molecule has 1 unspecified atom stereocenters. The molecule has 88 valence electrons. The minimum absolute atomic E-state index is 0.289. The molecule has 1 N–H and O–H groups in total. The number of aromatic nitrogens is 1. The number of pyridine rings is 1. The summed E-state index contributed by atoms with van der Waals surface area (Å²) in [5, 5.41) is 10.3. The summed E-state index contributed by atoms with van der Waals surface area (Å²) in [6.07, 6.45) is 3.01. The standard InChI is InChI=1S/C14H16N2O/c17-10-11-5-6-16(9-11)13-7-12-3-1-2-4-14(12)15-8-13/h1-4,7-8,11,17H,5-6,9-10H2. The maximum atomic E-state index is 9.16. The van der Waals surface area contributed by atoms with Gasteiger partial charge in [-0.25, -0.2) is 0 Å². The van der Waals surface area contributed by atoms with Crippen LogP contribution in [0, 0.1) is 5.92 Å². The maximum Gasteiger partial charge on any atom is 0.0703 e. The molecule has 1 aromatic carbocycles. The monoisotopic (exact) mass is 228 g/mol. The summed E-state index contributed by atoms with van der Waals surface area (Å²) in [6, 6.07) is 10.3. The first-order valence-corrected chi connectivity index (χ1v) is 6.07. The van der Waals surface area contributed by atoms with Crippen molar-refractivity contribution >= 4 is 16.6 Å². The van der Waals surface area contributed by atoms with Gasteiger partial charge < -0.3 is 10.0 Å². The molecular weight excluding hydrogens is 212 g/mol. The number of hydrogen-bond donors (Lipinski definition) is 1. The predicted octanol–water partition coefficient (Wildman–Crippen LogP) is 2.05. The summed E-state index contributed by atoms with van der Waals surface area (Å²) < 4.78 is 0. The smallest absolute Gasteiger partial charge is 0.0703 e. The number of para-hydroxylation sites is 1. The van der Waals surface area contributed by atoms with Crippen molar-refractivity contribution in [2.24, 2.45) is 5.92 Å². The third-order valence-corrected chi connectivity index (χ3v) is 3.49. The first-order valence-electron chi connectivity index (χ1n) is 6.07. The molecule has 17 heavy (non-hydrogen) atoms. The molecule has 1 saturated heterocycles. The molecule has 0 amide bonds. The van der Waals surface area contributed by atoms with Crippen molar-refractivity contribution in [2.75, 3.05) is 24.6 Å². The first-order chi connectivity index (χ1) is 8.36. The second-order valence-corrected chi connectivity index (χ2v) is 4.67. The summed E-state index contributed by atoms with van der Waals surface area (Å²) in [7, 11) is 0. The molecule has 2 heterocycles. The zero-order valence-electron chi connectivity index (χ0n) is 9.71. The quantitative estimate of drug-likeness (QED) is 0.854. The topological polar surface area (TPSA) is 36.4 Å². The molecule has 0 bridgehead atoms. The van der Waals surface area contributed by atoms with Crippen molar-refractivity contribution in [3.8, 4) is 0 Å². The van der Waals surface area contributed by atoms with E-state index in [9.17, 15) is 0 Å². The Hall–Kier alpha value is -1.61. The van der Waals surface area contributed by atoms with Gasteiger partial charge in [-0.05, 0) is 18.6 Å². The Labute approximate surface area is 101 Å². The summed E-state index contributed by atoms with van der Waals surface area (Å²) in [5.41, 5.74) is 2.20. The van der Waals surface area contributed by atoms with Gasteiger partial charge in [0.25, 0.3) is 0 Å². The van der Waals surface area contributed by atoms with E-state index in [4.69, 9.17) is 5.11 Å². The van der Waals surface area contributed by atoms with E-state index in [2.05, 4.69) is 22.0 Å². The molecule has 1 aliphatic heterocycles. The summed E-state index contributed by atoms with van der Waals surface area (Å²) >= 11 is 0. The normalized spacial score (nSPS) is 20.1. The zero-order chi connectivity index (χ0) is 11.7. The Kier molecular flexibility index (Phi) is 2.69. The highest BCUT2D eigenvalue weighted by molar-refractivity contribution is 5.81. The Bertz CT molecular complexity index is 526. The van der Waals surface area contributed by atoms with Crippen molar-refractivity contribution in [1.82, 2.24) is 4.98 Å². The summed E-state index contributed by atoms with van der Waals surface area (Å²) in [5.74, 6) is 0.418. The van der Waals surface area contributed by atoms with Gasteiger partial charge in [-0.15, -0.1) is 0 Å². The van der Waals surface area contributed by atoms with Crippen molar-refractivity contribution in [3.05, 3.63) is 36.5 Å². The largest absolute Gasteiger partial charge is 0.396 e. The highest BCUT2D eigenvalue weighted by Gasteiger charge is 2.22. The number of rotatable bonds is 2. The molecule has 1 atom stereocenters. The van der Waals surface area contributed by atoms with Crippen LogP contribution in [-0.2, 0) is 0 Å². The fourth-order valence-electron chi connectivity index (χ4n) is 2.45. The molecule has 1 fully saturated rings. The minimum Gasteiger partial charge on any atom is -0.396 e. The average molecular weight is 228 g/mol. The Morgan fingerprint density at radius 1 is 1.35 bits per heavy atom. The van der Waals surface area contributed by atoms with Crippen LogP contribution < -0.4 is 4.90 Å². The Balaban J connectivity index is 1.91. The number of benzene rings is 1. The van der Waals surface area contributed by atoms with Crippen LogP contribution >= 0.6 is 0 Å². The summed E-state index contributed by atoms with van der Waals surface area (Å²) in [6.45, 7) is 2.25. The maximum absolute atomic E-state index is 9.16. The van der Waals surface area contributed by atoms with E-state index in [0.717, 1.165) is 25.0 Å². The van der Waals surface area contributed by atoms with Crippen LogP contribution in [0.3, 0.4) is 0 Å². The van der Waals surface area contributed by atoms with E-state index >= 15 is 0 Å². The average Bonchev–Trinajstić information content (AvgIpc) is 2.87. The lowest BCUT2D eigenvalue weighted by molar-refractivity contribution is 0.238. The van der Waals surface area contributed by atoms with Crippen LogP contribution in [0.25, 0.3) is 10.9 Å². The zero-order valence-corrected chi connectivity index (χ0v) is 9.71. The van der Waals surface area contributed by atoms with Crippen LogP contribution in [0.2, 0.25) is 0 Å². The summed E-state index contributed by atoms with van der Waals surface area (Å²) in [4.78, 5) is 6.78. The van der Waals surface area contributed by atoms with E-state index in [0.29, 0.717) is 5.92 Å². The number of anilines is 1. The van der Waals surface area contributed by atoms with E-state index in [-0.39, 0.29) is 6.61 Å².